The Kier molecular flexibility index (Phi) is 3.58. The molecule has 0 aliphatic carbocycles. The van der Waals surface area contributed by atoms with Crippen LogP contribution in [0.15, 0.2) is 18.3 Å². The maximum atomic E-state index is 4.21. The van der Waals surface area contributed by atoms with Crippen LogP contribution in [0.5, 0.6) is 0 Å². The van der Waals surface area contributed by atoms with Gasteiger partial charge in [-0.3, -0.25) is 0 Å². The van der Waals surface area contributed by atoms with Gasteiger partial charge in [-0.15, -0.1) is 0 Å². The van der Waals surface area contributed by atoms with Crippen LogP contribution >= 0.6 is 0 Å². The number of fused-ring (bicyclic) bond motifs is 1. The van der Waals surface area contributed by atoms with Crippen molar-refractivity contribution in [1.29, 1.82) is 0 Å². The molecule has 1 aromatic heterocycles. The van der Waals surface area contributed by atoms with E-state index in [1.54, 1.807) is 0 Å². The first kappa shape index (κ1) is 9.04. The first-order valence-corrected chi connectivity index (χ1v) is 4.64. The molecule has 0 radical (unpaired) electrons. The van der Waals surface area contributed by atoms with Crippen LogP contribution in [0.4, 0.5) is 5.82 Å². The molecule has 1 aliphatic heterocycles. The van der Waals surface area contributed by atoms with E-state index in [1.807, 2.05) is 26.1 Å². The summed E-state index contributed by atoms with van der Waals surface area (Å²) in [5, 5.41) is 3.25. The third kappa shape index (κ3) is 1.97. The lowest BCUT2D eigenvalue weighted by Crippen LogP contribution is -2.12. The van der Waals surface area contributed by atoms with Crippen molar-refractivity contribution in [1.82, 2.24) is 4.98 Å². The number of nitrogens with one attached hydrogen (secondary N) is 1. The number of hydrogen-bond acceptors (Lipinski definition) is 2. The molecule has 0 bridgehead atoms. The van der Waals surface area contributed by atoms with Gasteiger partial charge >= 0.3 is 0 Å². The fraction of sp³-hybridized carbons (Fsp3) is 0.500. The molecule has 0 spiro atoms. The van der Waals surface area contributed by atoms with Crippen molar-refractivity contribution in [2.24, 2.45) is 0 Å². The first-order chi connectivity index (χ1) is 5.97. The Hall–Kier alpha value is -1.05. The highest BCUT2D eigenvalue weighted by Gasteiger charge is 2.06. The van der Waals surface area contributed by atoms with Gasteiger partial charge in [0.05, 0.1) is 0 Å². The van der Waals surface area contributed by atoms with E-state index in [9.17, 15) is 0 Å². The topological polar surface area (TPSA) is 24.9 Å². The largest absolute Gasteiger partial charge is 0.370 e. The Morgan fingerprint density at radius 3 is 3.00 bits per heavy atom. The van der Waals surface area contributed by atoms with Crippen molar-refractivity contribution >= 4 is 5.82 Å². The molecule has 2 heteroatoms. The van der Waals surface area contributed by atoms with Gasteiger partial charge in [0.1, 0.15) is 5.82 Å². The number of anilines is 1. The standard InChI is InChI=1S/C8H10N2.C2H6/c1-3-7-4-2-6-10-8(7)9-5-1;1-2/h1,3,5H,2,4,6H2,(H,9,10);1-2H3. The molecular weight excluding hydrogens is 148 g/mol. The second kappa shape index (κ2) is 4.75. The van der Waals surface area contributed by atoms with Crippen molar-refractivity contribution in [2.75, 3.05) is 11.9 Å². The number of hydrogen-bond donors (Lipinski definition) is 1. The van der Waals surface area contributed by atoms with Crippen LogP contribution in [0.25, 0.3) is 0 Å². The number of aryl methyl sites for hydroxylation is 1. The highest BCUT2D eigenvalue weighted by atomic mass is 15.0. The van der Waals surface area contributed by atoms with Gasteiger partial charge in [0.2, 0.25) is 0 Å². The van der Waals surface area contributed by atoms with E-state index in [2.05, 4.69) is 16.4 Å². The lowest BCUT2D eigenvalue weighted by atomic mass is 10.1. The van der Waals surface area contributed by atoms with E-state index in [0.29, 0.717) is 0 Å². The smallest absolute Gasteiger partial charge is 0.129 e. The van der Waals surface area contributed by atoms with Crippen molar-refractivity contribution in [3.63, 3.8) is 0 Å². The molecule has 1 aromatic rings. The SMILES string of the molecule is CC.c1cnc2c(c1)CCCN2. The molecular formula is C10H16N2. The number of pyridine rings is 1. The monoisotopic (exact) mass is 164 g/mol. The molecule has 12 heavy (non-hydrogen) atoms. The van der Waals surface area contributed by atoms with E-state index in [-0.39, 0.29) is 0 Å². The normalized spacial score (nSPS) is 13.5. The molecule has 1 aliphatic rings. The fourth-order valence-electron chi connectivity index (χ4n) is 1.29. The van der Waals surface area contributed by atoms with Crippen molar-refractivity contribution < 1.29 is 0 Å². The van der Waals surface area contributed by atoms with Gasteiger partial charge in [0, 0.05) is 12.7 Å². The summed E-state index contributed by atoms with van der Waals surface area (Å²) in [5.74, 6) is 1.08. The minimum absolute atomic E-state index is 1.07. The molecule has 0 fully saturated rings. The Balaban J connectivity index is 0.000000336. The molecule has 2 heterocycles. The zero-order valence-electron chi connectivity index (χ0n) is 7.80. The summed E-state index contributed by atoms with van der Waals surface area (Å²) >= 11 is 0. The summed E-state index contributed by atoms with van der Waals surface area (Å²) in [6, 6.07) is 4.13. The molecule has 1 N–H and O–H groups in total. The van der Waals surface area contributed by atoms with Crippen LogP contribution in [-0.2, 0) is 6.42 Å². The minimum atomic E-state index is 1.07. The van der Waals surface area contributed by atoms with Crippen molar-refractivity contribution in [3.8, 4) is 0 Å². The van der Waals surface area contributed by atoms with Crippen molar-refractivity contribution in [2.45, 2.75) is 26.7 Å². The molecule has 0 atom stereocenters. The van der Waals surface area contributed by atoms with Gasteiger partial charge in [0.15, 0.2) is 0 Å². The van der Waals surface area contributed by atoms with Crippen LogP contribution in [0, 0.1) is 0 Å². The zero-order chi connectivity index (χ0) is 8.81. The first-order valence-electron chi connectivity index (χ1n) is 4.64. The second-order valence-corrected chi connectivity index (χ2v) is 2.54. The van der Waals surface area contributed by atoms with Crippen LogP contribution in [-0.4, -0.2) is 11.5 Å². The lowest BCUT2D eigenvalue weighted by molar-refractivity contribution is 0.818. The maximum Gasteiger partial charge on any atom is 0.129 e. The van der Waals surface area contributed by atoms with Gasteiger partial charge in [-0.2, -0.15) is 0 Å². The van der Waals surface area contributed by atoms with Gasteiger partial charge < -0.3 is 5.32 Å². The summed E-state index contributed by atoms with van der Waals surface area (Å²) in [6.07, 6.45) is 4.24. The summed E-state index contributed by atoms with van der Waals surface area (Å²) in [5.41, 5.74) is 1.36. The Morgan fingerprint density at radius 2 is 2.25 bits per heavy atom. The van der Waals surface area contributed by atoms with E-state index in [1.165, 1.54) is 18.4 Å². The van der Waals surface area contributed by atoms with E-state index < -0.39 is 0 Å². The predicted octanol–water partition coefficient (Wildman–Crippen LogP) is 2.47. The summed E-state index contributed by atoms with van der Waals surface area (Å²) in [4.78, 5) is 4.21. The molecule has 0 amide bonds. The van der Waals surface area contributed by atoms with Gasteiger partial charge in [0.25, 0.3) is 0 Å². The third-order valence-corrected chi connectivity index (χ3v) is 1.81. The maximum absolute atomic E-state index is 4.21. The Morgan fingerprint density at radius 1 is 1.42 bits per heavy atom. The highest BCUT2D eigenvalue weighted by molar-refractivity contribution is 5.45. The van der Waals surface area contributed by atoms with E-state index in [0.717, 1.165) is 12.4 Å². The van der Waals surface area contributed by atoms with Gasteiger partial charge in [-0.1, -0.05) is 19.9 Å². The summed E-state index contributed by atoms with van der Waals surface area (Å²) < 4.78 is 0. The van der Waals surface area contributed by atoms with E-state index in [4.69, 9.17) is 0 Å². The molecule has 0 unspecified atom stereocenters. The summed E-state index contributed by atoms with van der Waals surface area (Å²) in [6.45, 7) is 5.07. The highest BCUT2D eigenvalue weighted by Crippen LogP contribution is 2.17. The Bertz CT molecular complexity index is 208. The van der Waals surface area contributed by atoms with Gasteiger partial charge in [-0.25, -0.2) is 4.98 Å². The van der Waals surface area contributed by atoms with Crippen molar-refractivity contribution in [3.05, 3.63) is 23.9 Å². The summed E-state index contributed by atoms with van der Waals surface area (Å²) in [7, 11) is 0. The number of rotatable bonds is 0. The van der Waals surface area contributed by atoms with Crippen LogP contribution < -0.4 is 5.32 Å². The second-order valence-electron chi connectivity index (χ2n) is 2.54. The number of aromatic nitrogens is 1. The average Bonchev–Trinajstić information content (AvgIpc) is 2.21. The van der Waals surface area contributed by atoms with Gasteiger partial charge in [-0.05, 0) is 24.5 Å². The zero-order valence-corrected chi connectivity index (χ0v) is 7.80. The quantitative estimate of drug-likeness (QED) is 0.637. The number of nitrogens with zero attached hydrogens (tertiary/aromatic N) is 1. The van der Waals surface area contributed by atoms with Crippen LogP contribution in [0.3, 0.4) is 0 Å². The molecule has 0 saturated carbocycles. The fourth-order valence-corrected chi connectivity index (χ4v) is 1.29. The van der Waals surface area contributed by atoms with Crippen LogP contribution in [0.2, 0.25) is 0 Å². The molecule has 2 nitrogen and oxygen atoms in total. The molecule has 2 rings (SSSR count). The third-order valence-electron chi connectivity index (χ3n) is 1.81. The Labute approximate surface area is 74.0 Å². The van der Waals surface area contributed by atoms with Crippen LogP contribution in [0.1, 0.15) is 25.8 Å². The lowest BCUT2D eigenvalue weighted by Gasteiger charge is -2.15. The average molecular weight is 164 g/mol. The minimum Gasteiger partial charge on any atom is -0.370 e. The molecule has 66 valence electrons. The molecule has 0 saturated heterocycles. The van der Waals surface area contributed by atoms with E-state index >= 15 is 0 Å². The molecule has 0 aromatic carbocycles. The predicted molar refractivity (Wildman–Crippen MR) is 52.4 cm³/mol.